The first kappa shape index (κ1) is 20.2. The highest BCUT2D eigenvalue weighted by Crippen LogP contribution is 2.40. The van der Waals surface area contributed by atoms with Crippen LogP contribution in [0, 0.1) is 0 Å². The van der Waals surface area contributed by atoms with Crippen LogP contribution in [0.1, 0.15) is 64.9 Å². The Morgan fingerprint density at radius 2 is 1.85 bits per heavy atom. The third-order valence-electron chi connectivity index (χ3n) is 5.55. The van der Waals surface area contributed by atoms with E-state index in [4.69, 9.17) is 9.47 Å². The number of likely N-dealkylation sites (tertiary alicyclic amines) is 1. The molecule has 1 saturated carbocycles. The van der Waals surface area contributed by atoms with Crippen molar-refractivity contribution in [3.05, 3.63) is 35.9 Å². The van der Waals surface area contributed by atoms with Crippen LogP contribution in [0.25, 0.3) is 0 Å². The molecule has 2 fully saturated rings. The molecule has 1 amide bonds. The Hall–Kier alpha value is -1.59. The van der Waals surface area contributed by atoms with Crippen molar-refractivity contribution in [1.82, 2.24) is 4.90 Å². The quantitative estimate of drug-likeness (QED) is 0.853. The van der Waals surface area contributed by atoms with Crippen molar-refractivity contribution in [3.8, 4) is 0 Å². The van der Waals surface area contributed by atoms with Gasteiger partial charge >= 0.3 is 6.09 Å². The van der Waals surface area contributed by atoms with Gasteiger partial charge in [-0.15, -0.1) is 0 Å². The van der Waals surface area contributed by atoms with Gasteiger partial charge in [0.1, 0.15) is 5.60 Å². The van der Waals surface area contributed by atoms with E-state index < -0.39 is 11.2 Å². The average molecular weight is 376 g/mol. The Morgan fingerprint density at radius 1 is 1.19 bits per heavy atom. The molecule has 2 atom stereocenters. The maximum Gasteiger partial charge on any atom is 0.410 e. The molecule has 5 nitrogen and oxygen atoms in total. The average Bonchev–Trinajstić information content (AvgIpc) is 3.05. The number of nitrogens with zero attached hydrogens (tertiary/aromatic N) is 1. The SMILES string of the molecule is CC(C)(C)OC(=O)N1CC[C@H](OCc2ccccc2)[C@H]1C1(O)CCCCC1. The summed E-state index contributed by atoms with van der Waals surface area (Å²) < 4.78 is 11.8. The lowest BCUT2D eigenvalue weighted by Gasteiger charge is -2.43. The van der Waals surface area contributed by atoms with Crippen LogP contribution in [0.15, 0.2) is 30.3 Å². The summed E-state index contributed by atoms with van der Waals surface area (Å²) in [6.45, 7) is 6.65. The van der Waals surface area contributed by atoms with Gasteiger partial charge in [0.25, 0.3) is 0 Å². The second-order valence-corrected chi connectivity index (χ2v) is 8.91. The van der Waals surface area contributed by atoms with E-state index in [1.807, 2.05) is 51.1 Å². The van der Waals surface area contributed by atoms with E-state index in [1.54, 1.807) is 4.90 Å². The molecule has 0 radical (unpaired) electrons. The van der Waals surface area contributed by atoms with Crippen molar-refractivity contribution in [2.45, 2.75) is 89.3 Å². The summed E-state index contributed by atoms with van der Waals surface area (Å²) >= 11 is 0. The van der Waals surface area contributed by atoms with Gasteiger partial charge < -0.3 is 14.6 Å². The summed E-state index contributed by atoms with van der Waals surface area (Å²) in [5.41, 5.74) is -0.352. The molecular weight excluding hydrogens is 342 g/mol. The Labute approximate surface area is 162 Å². The van der Waals surface area contributed by atoms with Crippen LogP contribution in [-0.2, 0) is 16.1 Å². The highest BCUT2D eigenvalue weighted by atomic mass is 16.6. The maximum absolute atomic E-state index is 12.8. The van der Waals surface area contributed by atoms with Crippen molar-refractivity contribution in [1.29, 1.82) is 0 Å². The Morgan fingerprint density at radius 3 is 2.48 bits per heavy atom. The molecule has 150 valence electrons. The second kappa shape index (κ2) is 8.19. The fraction of sp³-hybridized carbons (Fsp3) is 0.682. The topological polar surface area (TPSA) is 59.0 Å². The van der Waals surface area contributed by atoms with E-state index >= 15 is 0 Å². The van der Waals surface area contributed by atoms with Gasteiger partial charge in [0.05, 0.1) is 24.4 Å². The minimum Gasteiger partial charge on any atom is -0.444 e. The molecule has 5 heteroatoms. The molecular formula is C22H33NO4. The third kappa shape index (κ3) is 5.02. The third-order valence-corrected chi connectivity index (χ3v) is 5.55. The van der Waals surface area contributed by atoms with Gasteiger partial charge in [-0.3, -0.25) is 4.90 Å². The number of carbonyl (C=O) groups excluding carboxylic acids is 1. The van der Waals surface area contributed by atoms with Gasteiger partial charge in [-0.25, -0.2) is 4.79 Å². The summed E-state index contributed by atoms with van der Waals surface area (Å²) in [5, 5.41) is 11.4. The van der Waals surface area contributed by atoms with Crippen molar-refractivity contribution in [2.75, 3.05) is 6.54 Å². The normalized spacial score (nSPS) is 25.4. The number of amides is 1. The first-order valence-corrected chi connectivity index (χ1v) is 10.2. The van der Waals surface area contributed by atoms with E-state index in [-0.39, 0.29) is 18.2 Å². The van der Waals surface area contributed by atoms with Crippen molar-refractivity contribution in [2.24, 2.45) is 0 Å². The molecule has 0 aromatic heterocycles. The summed E-state index contributed by atoms with van der Waals surface area (Å²) in [7, 11) is 0. The molecule has 1 aromatic rings. The molecule has 2 aliphatic rings. The van der Waals surface area contributed by atoms with Gasteiger partial charge in [0.2, 0.25) is 0 Å². The smallest absolute Gasteiger partial charge is 0.410 e. The Balaban J connectivity index is 1.76. The molecule has 1 heterocycles. The van der Waals surface area contributed by atoms with E-state index in [9.17, 15) is 9.90 Å². The zero-order valence-corrected chi connectivity index (χ0v) is 16.8. The van der Waals surface area contributed by atoms with Gasteiger partial charge in [0.15, 0.2) is 0 Å². The zero-order chi connectivity index (χ0) is 19.5. The number of ether oxygens (including phenoxy) is 2. The van der Waals surface area contributed by atoms with Crippen molar-refractivity contribution >= 4 is 6.09 Å². The highest BCUT2D eigenvalue weighted by Gasteiger charge is 2.51. The maximum atomic E-state index is 12.8. The lowest BCUT2D eigenvalue weighted by atomic mass is 9.77. The molecule has 3 rings (SSSR count). The second-order valence-electron chi connectivity index (χ2n) is 8.91. The van der Waals surface area contributed by atoms with Crippen LogP contribution in [0.5, 0.6) is 0 Å². The fourth-order valence-electron chi connectivity index (χ4n) is 4.34. The Kier molecular flexibility index (Phi) is 6.11. The number of hydrogen-bond donors (Lipinski definition) is 1. The van der Waals surface area contributed by atoms with Gasteiger partial charge in [-0.1, -0.05) is 49.6 Å². The van der Waals surface area contributed by atoms with Crippen LogP contribution in [0.4, 0.5) is 4.79 Å². The molecule has 1 aliphatic heterocycles. The minimum absolute atomic E-state index is 0.180. The van der Waals surface area contributed by atoms with E-state index in [0.29, 0.717) is 26.0 Å². The van der Waals surface area contributed by atoms with Gasteiger partial charge in [-0.2, -0.15) is 0 Å². The lowest BCUT2D eigenvalue weighted by molar-refractivity contribution is -0.107. The first-order chi connectivity index (χ1) is 12.8. The fourth-order valence-corrected chi connectivity index (χ4v) is 4.34. The largest absolute Gasteiger partial charge is 0.444 e. The number of hydrogen-bond acceptors (Lipinski definition) is 4. The monoisotopic (exact) mass is 375 g/mol. The molecule has 1 saturated heterocycles. The van der Waals surface area contributed by atoms with E-state index in [2.05, 4.69) is 0 Å². The van der Waals surface area contributed by atoms with Gasteiger partial charge in [-0.05, 0) is 45.6 Å². The molecule has 0 unspecified atom stereocenters. The molecule has 1 aliphatic carbocycles. The van der Waals surface area contributed by atoms with Gasteiger partial charge in [0, 0.05) is 6.54 Å². The molecule has 0 spiro atoms. The van der Waals surface area contributed by atoms with Crippen LogP contribution >= 0.6 is 0 Å². The summed E-state index contributed by atoms with van der Waals surface area (Å²) in [5.74, 6) is 0. The standard InChI is InChI=1S/C22H33NO4/c1-21(2,3)27-20(24)23-15-12-18(26-16-17-10-6-4-7-11-17)19(23)22(25)13-8-5-9-14-22/h4,6-7,10-11,18-19,25H,5,8-9,12-16H2,1-3H3/t18-,19-/m0/s1. The van der Waals surface area contributed by atoms with Crippen LogP contribution in [-0.4, -0.2) is 46.0 Å². The summed E-state index contributed by atoms with van der Waals surface area (Å²) in [4.78, 5) is 14.5. The number of rotatable bonds is 4. The predicted octanol–water partition coefficient (Wildman–Crippen LogP) is 4.28. The zero-order valence-electron chi connectivity index (χ0n) is 16.8. The first-order valence-electron chi connectivity index (χ1n) is 10.2. The highest BCUT2D eigenvalue weighted by molar-refractivity contribution is 5.69. The molecule has 0 bridgehead atoms. The lowest BCUT2D eigenvalue weighted by Crippen LogP contribution is -2.57. The Bertz CT molecular complexity index is 619. The number of benzene rings is 1. The van der Waals surface area contributed by atoms with Crippen LogP contribution < -0.4 is 0 Å². The van der Waals surface area contributed by atoms with Crippen molar-refractivity contribution < 1.29 is 19.4 Å². The number of aliphatic hydroxyl groups is 1. The minimum atomic E-state index is -0.896. The summed E-state index contributed by atoms with van der Waals surface area (Å²) in [6, 6.07) is 9.68. The van der Waals surface area contributed by atoms with E-state index in [0.717, 1.165) is 31.2 Å². The molecule has 1 N–H and O–H groups in total. The van der Waals surface area contributed by atoms with Crippen LogP contribution in [0.3, 0.4) is 0 Å². The van der Waals surface area contributed by atoms with Crippen LogP contribution in [0.2, 0.25) is 0 Å². The summed E-state index contributed by atoms with van der Waals surface area (Å²) in [6.07, 6.45) is 4.72. The molecule has 27 heavy (non-hydrogen) atoms. The number of carbonyl (C=O) groups is 1. The van der Waals surface area contributed by atoms with E-state index in [1.165, 1.54) is 0 Å². The van der Waals surface area contributed by atoms with Crippen molar-refractivity contribution in [3.63, 3.8) is 0 Å². The molecule has 1 aromatic carbocycles. The predicted molar refractivity (Wildman–Crippen MR) is 104 cm³/mol.